The molecule has 0 spiro atoms. The summed E-state index contributed by atoms with van der Waals surface area (Å²) in [6.07, 6.45) is 2.49. The molecule has 1 N–H and O–H groups in total. The average Bonchev–Trinajstić information content (AvgIpc) is 3.31. The first-order chi connectivity index (χ1) is 10.2. The second-order valence-corrected chi connectivity index (χ2v) is 5.97. The summed E-state index contributed by atoms with van der Waals surface area (Å²) in [6, 6.07) is 17.8. The predicted octanol–water partition coefficient (Wildman–Crippen LogP) is 4.00. The fourth-order valence-electron chi connectivity index (χ4n) is 3.49. The molecule has 2 nitrogen and oxygen atoms in total. The standard InChI is InChI=1S/C19H23NO/c1-14-13-15(9-10-17(14)21-3)18(20-2)19(11-12-19)16-7-5-4-6-8-16/h4-10,13,18,20H,11-12H2,1-3H3. The highest BCUT2D eigenvalue weighted by Gasteiger charge is 2.50. The van der Waals surface area contributed by atoms with Crippen LogP contribution in [-0.2, 0) is 5.41 Å². The molecule has 0 aromatic heterocycles. The van der Waals surface area contributed by atoms with Gasteiger partial charge in [0.15, 0.2) is 0 Å². The number of nitrogens with one attached hydrogen (secondary N) is 1. The summed E-state index contributed by atoms with van der Waals surface area (Å²) < 4.78 is 5.38. The number of rotatable bonds is 5. The number of likely N-dealkylation sites (N-methyl/N-ethyl adjacent to an activating group) is 1. The zero-order chi connectivity index (χ0) is 14.9. The number of hydrogen-bond acceptors (Lipinski definition) is 2. The van der Waals surface area contributed by atoms with Gasteiger partial charge in [0.05, 0.1) is 7.11 Å². The van der Waals surface area contributed by atoms with Crippen molar-refractivity contribution < 1.29 is 4.74 Å². The van der Waals surface area contributed by atoms with Gasteiger partial charge in [0.25, 0.3) is 0 Å². The Labute approximate surface area is 127 Å². The second kappa shape index (κ2) is 5.53. The molecule has 21 heavy (non-hydrogen) atoms. The van der Waals surface area contributed by atoms with E-state index in [1.165, 1.54) is 29.5 Å². The van der Waals surface area contributed by atoms with E-state index >= 15 is 0 Å². The van der Waals surface area contributed by atoms with Gasteiger partial charge in [-0.25, -0.2) is 0 Å². The summed E-state index contributed by atoms with van der Waals surface area (Å²) in [5.74, 6) is 0.957. The molecule has 0 aliphatic heterocycles. The Bertz CT molecular complexity index is 617. The van der Waals surface area contributed by atoms with E-state index in [0.29, 0.717) is 6.04 Å². The fraction of sp³-hybridized carbons (Fsp3) is 0.368. The van der Waals surface area contributed by atoms with Gasteiger partial charge in [0.2, 0.25) is 0 Å². The number of aryl methyl sites for hydroxylation is 1. The van der Waals surface area contributed by atoms with Crippen molar-refractivity contribution in [2.24, 2.45) is 0 Å². The normalized spacial score (nSPS) is 17.3. The maximum absolute atomic E-state index is 5.38. The van der Waals surface area contributed by atoms with Crippen LogP contribution in [0.1, 0.15) is 35.6 Å². The topological polar surface area (TPSA) is 21.3 Å². The molecule has 0 radical (unpaired) electrons. The van der Waals surface area contributed by atoms with Crippen molar-refractivity contribution in [3.05, 3.63) is 65.2 Å². The summed E-state index contributed by atoms with van der Waals surface area (Å²) in [4.78, 5) is 0. The lowest BCUT2D eigenvalue weighted by molar-refractivity contribution is 0.410. The second-order valence-electron chi connectivity index (χ2n) is 5.97. The summed E-state index contributed by atoms with van der Waals surface area (Å²) >= 11 is 0. The molecule has 0 saturated heterocycles. The lowest BCUT2D eigenvalue weighted by Crippen LogP contribution is -2.29. The van der Waals surface area contributed by atoms with Gasteiger partial charge in [-0.15, -0.1) is 0 Å². The Morgan fingerprint density at radius 1 is 1.10 bits per heavy atom. The van der Waals surface area contributed by atoms with Gasteiger partial charge >= 0.3 is 0 Å². The first-order valence-electron chi connectivity index (χ1n) is 7.58. The van der Waals surface area contributed by atoms with Crippen LogP contribution in [-0.4, -0.2) is 14.2 Å². The van der Waals surface area contributed by atoms with Gasteiger partial charge in [-0.05, 0) is 49.6 Å². The van der Waals surface area contributed by atoms with E-state index in [1.807, 2.05) is 0 Å². The van der Waals surface area contributed by atoms with Crippen molar-refractivity contribution >= 4 is 0 Å². The zero-order valence-electron chi connectivity index (χ0n) is 13.0. The van der Waals surface area contributed by atoms with Crippen LogP contribution in [0.2, 0.25) is 0 Å². The quantitative estimate of drug-likeness (QED) is 0.894. The van der Waals surface area contributed by atoms with Crippen LogP contribution in [0.4, 0.5) is 0 Å². The minimum atomic E-state index is 0.247. The lowest BCUT2D eigenvalue weighted by Gasteiger charge is -2.28. The highest BCUT2D eigenvalue weighted by atomic mass is 16.5. The van der Waals surface area contributed by atoms with E-state index in [4.69, 9.17) is 4.74 Å². The third-order valence-electron chi connectivity index (χ3n) is 4.73. The number of ether oxygens (including phenoxy) is 1. The molecule has 2 heteroatoms. The van der Waals surface area contributed by atoms with E-state index in [9.17, 15) is 0 Å². The molecule has 1 unspecified atom stereocenters. The predicted molar refractivity (Wildman–Crippen MR) is 86.9 cm³/mol. The van der Waals surface area contributed by atoms with Crippen molar-refractivity contribution in [2.75, 3.05) is 14.2 Å². The van der Waals surface area contributed by atoms with Crippen molar-refractivity contribution in [2.45, 2.75) is 31.2 Å². The molecular formula is C19H23NO. The highest BCUT2D eigenvalue weighted by Crippen LogP contribution is 2.56. The molecule has 3 rings (SSSR count). The summed E-state index contributed by atoms with van der Waals surface area (Å²) in [6.45, 7) is 2.11. The van der Waals surface area contributed by atoms with Crippen LogP contribution < -0.4 is 10.1 Å². The summed E-state index contributed by atoms with van der Waals surface area (Å²) in [7, 11) is 3.79. The largest absolute Gasteiger partial charge is 0.496 e. The van der Waals surface area contributed by atoms with Crippen LogP contribution in [0.15, 0.2) is 48.5 Å². The molecule has 1 aliphatic carbocycles. The Balaban J connectivity index is 1.97. The van der Waals surface area contributed by atoms with Crippen LogP contribution in [0.5, 0.6) is 5.75 Å². The van der Waals surface area contributed by atoms with Gasteiger partial charge < -0.3 is 10.1 Å². The Morgan fingerprint density at radius 2 is 1.81 bits per heavy atom. The van der Waals surface area contributed by atoms with E-state index in [0.717, 1.165) is 5.75 Å². The third-order valence-corrected chi connectivity index (χ3v) is 4.73. The lowest BCUT2D eigenvalue weighted by atomic mass is 9.83. The first-order valence-corrected chi connectivity index (χ1v) is 7.58. The molecule has 1 aliphatic rings. The van der Waals surface area contributed by atoms with Crippen LogP contribution >= 0.6 is 0 Å². The van der Waals surface area contributed by atoms with E-state index in [2.05, 4.69) is 67.8 Å². The molecule has 0 heterocycles. The van der Waals surface area contributed by atoms with Crippen molar-refractivity contribution in [1.82, 2.24) is 5.32 Å². The van der Waals surface area contributed by atoms with Gasteiger partial charge in [-0.2, -0.15) is 0 Å². The molecular weight excluding hydrogens is 258 g/mol. The van der Waals surface area contributed by atoms with E-state index in [-0.39, 0.29) is 5.41 Å². The third kappa shape index (κ3) is 2.44. The molecule has 2 aromatic rings. The van der Waals surface area contributed by atoms with Gasteiger partial charge in [0.1, 0.15) is 5.75 Å². The Kier molecular flexibility index (Phi) is 3.73. The van der Waals surface area contributed by atoms with Crippen LogP contribution in [0.25, 0.3) is 0 Å². The average molecular weight is 281 g/mol. The Hall–Kier alpha value is -1.80. The van der Waals surface area contributed by atoms with Crippen molar-refractivity contribution in [1.29, 1.82) is 0 Å². The molecule has 1 saturated carbocycles. The smallest absolute Gasteiger partial charge is 0.121 e. The number of hydrogen-bond donors (Lipinski definition) is 1. The highest BCUT2D eigenvalue weighted by molar-refractivity contribution is 5.43. The Morgan fingerprint density at radius 3 is 2.33 bits per heavy atom. The monoisotopic (exact) mass is 281 g/mol. The van der Waals surface area contributed by atoms with Gasteiger partial charge in [0, 0.05) is 11.5 Å². The van der Waals surface area contributed by atoms with Crippen LogP contribution in [0.3, 0.4) is 0 Å². The molecule has 1 fully saturated rings. The molecule has 1 atom stereocenters. The SMILES string of the molecule is CNC(c1ccc(OC)c(C)c1)C1(c2ccccc2)CC1. The maximum Gasteiger partial charge on any atom is 0.121 e. The summed E-state index contributed by atoms with van der Waals surface area (Å²) in [5.41, 5.74) is 4.23. The minimum absolute atomic E-state index is 0.247. The molecule has 0 amide bonds. The number of benzene rings is 2. The van der Waals surface area contributed by atoms with Crippen molar-refractivity contribution in [3.63, 3.8) is 0 Å². The summed E-state index contributed by atoms with van der Waals surface area (Å²) in [5, 5.41) is 3.54. The molecule has 110 valence electrons. The van der Waals surface area contributed by atoms with Gasteiger partial charge in [-0.1, -0.05) is 42.5 Å². The maximum atomic E-state index is 5.38. The minimum Gasteiger partial charge on any atom is -0.496 e. The van der Waals surface area contributed by atoms with E-state index < -0.39 is 0 Å². The van der Waals surface area contributed by atoms with Crippen LogP contribution in [0, 0.1) is 6.92 Å². The van der Waals surface area contributed by atoms with E-state index in [1.54, 1.807) is 7.11 Å². The number of methoxy groups -OCH3 is 1. The van der Waals surface area contributed by atoms with Gasteiger partial charge in [-0.3, -0.25) is 0 Å². The molecule has 2 aromatic carbocycles. The first kappa shape index (κ1) is 14.2. The molecule has 0 bridgehead atoms. The van der Waals surface area contributed by atoms with Crippen molar-refractivity contribution in [3.8, 4) is 5.75 Å². The zero-order valence-corrected chi connectivity index (χ0v) is 13.0. The fourth-order valence-corrected chi connectivity index (χ4v) is 3.49.